The lowest BCUT2D eigenvalue weighted by Gasteiger charge is -2.29. The molecular weight excluding hydrogens is 387 g/mol. The van der Waals surface area contributed by atoms with Crippen molar-refractivity contribution in [3.63, 3.8) is 0 Å². The highest BCUT2D eigenvalue weighted by Gasteiger charge is 2.35. The van der Waals surface area contributed by atoms with E-state index in [-0.39, 0.29) is 12.0 Å². The van der Waals surface area contributed by atoms with Crippen molar-refractivity contribution < 1.29 is 26.7 Å². The zero-order valence-corrected chi connectivity index (χ0v) is 16.9. The fourth-order valence-corrected chi connectivity index (χ4v) is 4.72. The van der Waals surface area contributed by atoms with Crippen molar-refractivity contribution in [2.45, 2.75) is 83.9 Å². The minimum atomic E-state index is -5.12. The SMILES string of the molecule is CCCCC1CCC(CCC2=Cc3cc(F)c(OC(F)(F)F)c(F)c3CC2)CC1. The molecule has 1 aromatic carbocycles. The first kappa shape index (κ1) is 22.1. The molecule has 0 aliphatic heterocycles. The second-order valence-corrected chi connectivity index (χ2v) is 8.49. The monoisotopic (exact) mass is 416 g/mol. The fourth-order valence-electron chi connectivity index (χ4n) is 4.72. The van der Waals surface area contributed by atoms with Crippen LogP contribution >= 0.6 is 0 Å². The summed E-state index contributed by atoms with van der Waals surface area (Å²) in [6.45, 7) is 2.23. The Balaban J connectivity index is 1.59. The minimum absolute atomic E-state index is 0.103. The third kappa shape index (κ3) is 5.95. The molecule has 29 heavy (non-hydrogen) atoms. The number of allylic oxidation sites excluding steroid dienone is 1. The van der Waals surface area contributed by atoms with Crippen molar-refractivity contribution >= 4 is 6.08 Å². The van der Waals surface area contributed by atoms with Gasteiger partial charge in [-0.05, 0) is 54.7 Å². The van der Waals surface area contributed by atoms with Crippen LogP contribution in [0.25, 0.3) is 6.08 Å². The molecule has 0 heterocycles. The molecule has 0 spiro atoms. The number of rotatable bonds is 7. The van der Waals surface area contributed by atoms with Crippen LogP contribution in [0, 0.1) is 23.5 Å². The summed E-state index contributed by atoms with van der Waals surface area (Å²) in [6, 6.07) is 0.956. The Morgan fingerprint density at radius 2 is 1.66 bits per heavy atom. The molecule has 0 bridgehead atoms. The Hall–Kier alpha value is -1.59. The first-order valence-corrected chi connectivity index (χ1v) is 10.7. The van der Waals surface area contributed by atoms with E-state index in [1.807, 2.05) is 0 Å². The molecule has 1 saturated carbocycles. The zero-order valence-electron chi connectivity index (χ0n) is 16.9. The van der Waals surface area contributed by atoms with Crippen molar-refractivity contribution in [3.8, 4) is 5.75 Å². The van der Waals surface area contributed by atoms with Gasteiger partial charge in [0.05, 0.1) is 0 Å². The first-order chi connectivity index (χ1) is 13.8. The number of ether oxygens (including phenoxy) is 1. The van der Waals surface area contributed by atoms with Gasteiger partial charge in [0.2, 0.25) is 5.75 Å². The summed E-state index contributed by atoms with van der Waals surface area (Å²) < 4.78 is 69.1. The molecule has 2 aliphatic rings. The van der Waals surface area contributed by atoms with E-state index in [0.717, 1.165) is 30.4 Å². The van der Waals surface area contributed by atoms with E-state index in [1.54, 1.807) is 6.08 Å². The molecule has 0 saturated heterocycles. The number of hydrogen-bond acceptors (Lipinski definition) is 1. The first-order valence-electron chi connectivity index (χ1n) is 10.7. The predicted molar refractivity (Wildman–Crippen MR) is 104 cm³/mol. The lowest BCUT2D eigenvalue weighted by molar-refractivity contribution is -0.276. The van der Waals surface area contributed by atoms with Gasteiger partial charge in [-0.25, -0.2) is 8.78 Å². The summed E-state index contributed by atoms with van der Waals surface area (Å²) in [5.74, 6) is -2.34. The fraction of sp³-hybridized carbons (Fsp3) is 0.652. The highest BCUT2D eigenvalue weighted by Crippen LogP contribution is 2.39. The van der Waals surface area contributed by atoms with Crippen molar-refractivity contribution in [1.82, 2.24) is 0 Å². The number of unbranched alkanes of at least 4 members (excludes halogenated alkanes) is 1. The van der Waals surface area contributed by atoms with Gasteiger partial charge in [0.15, 0.2) is 11.6 Å². The average Bonchev–Trinajstić information content (AvgIpc) is 2.68. The molecule has 1 fully saturated rings. The van der Waals surface area contributed by atoms with Crippen molar-refractivity contribution in [1.29, 1.82) is 0 Å². The highest BCUT2D eigenvalue weighted by molar-refractivity contribution is 5.61. The van der Waals surface area contributed by atoms with Crippen LogP contribution in [-0.2, 0) is 6.42 Å². The van der Waals surface area contributed by atoms with Gasteiger partial charge in [0, 0.05) is 0 Å². The van der Waals surface area contributed by atoms with Gasteiger partial charge in [-0.15, -0.1) is 13.2 Å². The van der Waals surface area contributed by atoms with Gasteiger partial charge < -0.3 is 4.74 Å². The van der Waals surface area contributed by atoms with Crippen LogP contribution in [-0.4, -0.2) is 6.36 Å². The summed E-state index contributed by atoms with van der Waals surface area (Å²) in [5, 5.41) is 0. The van der Waals surface area contributed by atoms with Gasteiger partial charge in [-0.3, -0.25) is 0 Å². The second-order valence-electron chi connectivity index (χ2n) is 8.49. The molecule has 0 amide bonds. The van der Waals surface area contributed by atoms with E-state index in [9.17, 15) is 22.0 Å². The van der Waals surface area contributed by atoms with Crippen LogP contribution in [0.4, 0.5) is 22.0 Å². The van der Waals surface area contributed by atoms with Crippen LogP contribution in [0.15, 0.2) is 11.6 Å². The smallest absolute Gasteiger partial charge is 0.399 e. The maximum Gasteiger partial charge on any atom is 0.573 e. The molecule has 162 valence electrons. The number of fused-ring (bicyclic) bond motifs is 1. The lowest BCUT2D eigenvalue weighted by Crippen LogP contribution is -2.20. The van der Waals surface area contributed by atoms with Crippen molar-refractivity contribution in [2.75, 3.05) is 0 Å². The molecule has 0 N–H and O–H groups in total. The molecule has 1 aromatic rings. The third-order valence-electron chi connectivity index (χ3n) is 6.39. The normalized spacial score (nSPS) is 22.2. The summed E-state index contributed by atoms with van der Waals surface area (Å²) in [5.41, 5.74) is 1.55. The number of benzene rings is 1. The van der Waals surface area contributed by atoms with Gasteiger partial charge in [0.25, 0.3) is 0 Å². The molecule has 0 radical (unpaired) electrons. The van der Waals surface area contributed by atoms with Crippen molar-refractivity contribution in [2.24, 2.45) is 11.8 Å². The molecule has 1 nitrogen and oxygen atoms in total. The Labute approximate surface area is 169 Å². The number of hydrogen-bond donors (Lipinski definition) is 0. The minimum Gasteiger partial charge on any atom is -0.399 e. The molecule has 3 rings (SSSR count). The van der Waals surface area contributed by atoms with E-state index in [1.165, 1.54) is 44.9 Å². The standard InChI is InChI=1S/C23H29F5O/c1-2-3-4-15-5-7-16(8-6-15)9-10-17-11-12-19-18(13-17)14-20(24)22(21(19)25)29-23(26,27)28/h13-16H,2-12H2,1H3. The summed E-state index contributed by atoms with van der Waals surface area (Å²) >= 11 is 0. The summed E-state index contributed by atoms with van der Waals surface area (Å²) in [4.78, 5) is 0. The quantitative estimate of drug-likeness (QED) is 0.410. The van der Waals surface area contributed by atoms with Gasteiger partial charge >= 0.3 is 6.36 Å². The van der Waals surface area contributed by atoms with E-state index >= 15 is 0 Å². The Morgan fingerprint density at radius 3 is 2.28 bits per heavy atom. The van der Waals surface area contributed by atoms with E-state index in [2.05, 4.69) is 11.7 Å². The largest absolute Gasteiger partial charge is 0.573 e. The van der Waals surface area contributed by atoms with E-state index in [4.69, 9.17) is 0 Å². The maximum absolute atomic E-state index is 14.4. The molecule has 0 aromatic heterocycles. The lowest BCUT2D eigenvalue weighted by atomic mass is 9.77. The van der Waals surface area contributed by atoms with Gasteiger partial charge in [-0.1, -0.05) is 63.5 Å². The van der Waals surface area contributed by atoms with Gasteiger partial charge in [-0.2, -0.15) is 0 Å². The molecule has 6 heteroatoms. The van der Waals surface area contributed by atoms with Crippen LogP contribution in [0.5, 0.6) is 5.75 Å². The van der Waals surface area contributed by atoms with Crippen LogP contribution in [0.2, 0.25) is 0 Å². The zero-order chi connectivity index (χ0) is 21.0. The van der Waals surface area contributed by atoms with Crippen LogP contribution in [0.1, 0.15) is 82.3 Å². The Morgan fingerprint density at radius 1 is 1.00 bits per heavy atom. The average molecular weight is 416 g/mol. The van der Waals surface area contributed by atoms with E-state index < -0.39 is 23.7 Å². The van der Waals surface area contributed by atoms with Crippen LogP contribution < -0.4 is 4.74 Å². The summed E-state index contributed by atoms with van der Waals surface area (Å²) in [6.07, 6.45) is 8.42. The highest BCUT2D eigenvalue weighted by atomic mass is 19.4. The topological polar surface area (TPSA) is 9.23 Å². The van der Waals surface area contributed by atoms with Crippen LogP contribution in [0.3, 0.4) is 0 Å². The summed E-state index contributed by atoms with van der Waals surface area (Å²) in [7, 11) is 0. The molecule has 0 atom stereocenters. The second kappa shape index (κ2) is 9.48. The Bertz CT molecular complexity index is 730. The van der Waals surface area contributed by atoms with Crippen molar-refractivity contribution in [3.05, 3.63) is 34.4 Å². The molecule has 0 unspecified atom stereocenters. The maximum atomic E-state index is 14.4. The Kier molecular flexibility index (Phi) is 7.23. The molecular formula is C23H29F5O. The number of alkyl halides is 3. The predicted octanol–water partition coefficient (Wildman–Crippen LogP) is 7.97. The third-order valence-corrected chi connectivity index (χ3v) is 6.39. The van der Waals surface area contributed by atoms with E-state index in [0.29, 0.717) is 17.9 Å². The molecule has 2 aliphatic carbocycles. The van der Waals surface area contributed by atoms with Gasteiger partial charge in [0.1, 0.15) is 0 Å². The number of halogens is 5.